The van der Waals surface area contributed by atoms with Crippen molar-refractivity contribution in [2.24, 2.45) is 17.6 Å². The highest BCUT2D eigenvalue weighted by molar-refractivity contribution is 5.39. The number of rotatable bonds is 2. The second kappa shape index (κ2) is 6.81. The highest BCUT2D eigenvalue weighted by Crippen LogP contribution is 2.33. The number of nitrogens with one attached hydrogen (secondary N) is 1. The molecule has 2 aliphatic rings. The number of hydrogen-bond donors (Lipinski definition) is 2. The van der Waals surface area contributed by atoms with Crippen LogP contribution in [0.2, 0.25) is 0 Å². The average molecular weight is 297 g/mol. The maximum absolute atomic E-state index is 9.07. The molecule has 0 aromatic heterocycles. The Labute approximate surface area is 133 Å². The molecule has 3 nitrogen and oxygen atoms in total. The number of nitrogens with two attached hydrogens (primary N) is 1. The zero-order valence-corrected chi connectivity index (χ0v) is 13.5. The zero-order valence-electron chi connectivity index (χ0n) is 13.5. The Morgan fingerprint density at radius 3 is 2.73 bits per heavy atom. The van der Waals surface area contributed by atoms with E-state index in [4.69, 9.17) is 11.0 Å². The third-order valence-corrected chi connectivity index (χ3v) is 5.77. The van der Waals surface area contributed by atoms with E-state index in [1.165, 1.54) is 36.8 Å². The van der Waals surface area contributed by atoms with Gasteiger partial charge >= 0.3 is 0 Å². The van der Waals surface area contributed by atoms with E-state index < -0.39 is 0 Å². The fraction of sp³-hybridized carbons (Fsp3) is 0.632. The lowest BCUT2D eigenvalue weighted by Crippen LogP contribution is -2.41. The monoisotopic (exact) mass is 297 g/mol. The number of nitriles is 1. The van der Waals surface area contributed by atoms with E-state index in [2.05, 4.69) is 30.4 Å². The van der Waals surface area contributed by atoms with Crippen molar-refractivity contribution < 1.29 is 0 Å². The number of fused-ring (bicyclic) bond motifs is 1. The van der Waals surface area contributed by atoms with Crippen LogP contribution in [0, 0.1) is 23.2 Å². The lowest BCUT2D eigenvalue weighted by molar-refractivity contribution is 0.201. The molecule has 0 amide bonds. The van der Waals surface area contributed by atoms with E-state index in [1.807, 2.05) is 6.07 Å². The van der Waals surface area contributed by atoms with E-state index in [9.17, 15) is 0 Å². The molecule has 1 fully saturated rings. The van der Waals surface area contributed by atoms with Gasteiger partial charge in [-0.1, -0.05) is 13.0 Å². The van der Waals surface area contributed by atoms with E-state index in [0.717, 1.165) is 30.9 Å². The SMILES string of the molecule is CC(C1CCC(N)CC1)C1Cc2ccc(C#N)cc2CCN1. The van der Waals surface area contributed by atoms with Crippen molar-refractivity contribution in [3.8, 4) is 6.07 Å². The molecule has 1 saturated carbocycles. The topological polar surface area (TPSA) is 61.8 Å². The predicted octanol–water partition coefficient (Wildman–Crippen LogP) is 2.77. The van der Waals surface area contributed by atoms with Crippen LogP contribution >= 0.6 is 0 Å². The summed E-state index contributed by atoms with van der Waals surface area (Å²) in [5, 5.41) is 12.8. The molecule has 2 atom stereocenters. The van der Waals surface area contributed by atoms with Crippen molar-refractivity contribution in [1.29, 1.82) is 5.26 Å². The standard InChI is InChI=1S/C19H27N3/c1-13(15-4-6-18(21)7-5-15)19-11-16-3-2-14(12-20)10-17(16)8-9-22-19/h2-3,10,13,15,18-19,22H,4-9,11,21H2,1H3. The van der Waals surface area contributed by atoms with Gasteiger partial charge in [-0.15, -0.1) is 0 Å². The van der Waals surface area contributed by atoms with Crippen LogP contribution in [0.15, 0.2) is 18.2 Å². The Kier molecular flexibility index (Phi) is 4.81. The summed E-state index contributed by atoms with van der Waals surface area (Å²) in [5.41, 5.74) is 9.61. The summed E-state index contributed by atoms with van der Waals surface area (Å²) in [6, 6.07) is 9.43. The van der Waals surface area contributed by atoms with Crippen LogP contribution < -0.4 is 11.1 Å². The van der Waals surface area contributed by atoms with Gasteiger partial charge in [0, 0.05) is 12.1 Å². The first kappa shape index (κ1) is 15.5. The molecule has 1 aliphatic carbocycles. The van der Waals surface area contributed by atoms with E-state index >= 15 is 0 Å². The summed E-state index contributed by atoms with van der Waals surface area (Å²) in [6.07, 6.45) is 7.05. The molecule has 0 spiro atoms. The first-order valence-corrected chi connectivity index (χ1v) is 8.68. The summed E-state index contributed by atoms with van der Waals surface area (Å²) in [4.78, 5) is 0. The second-order valence-electron chi connectivity index (χ2n) is 7.14. The molecule has 3 heteroatoms. The molecule has 0 saturated heterocycles. The van der Waals surface area contributed by atoms with Crippen LogP contribution in [0.1, 0.15) is 49.3 Å². The fourth-order valence-corrected chi connectivity index (χ4v) is 4.20. The van der Waals surface area contributed by atoms with Gasteiger partial charge in [0.2, 0.25) is 0 Å². The van der Waals surface area contributed by atoms with Gasteiger partial charge in [0.25, 0.3) is 0 Å². The first-order chi connectivity index (χ1) is 10.7. The van der Waals surface area contributed by atoms with Crippen molar-refractivity contribution in [2.45, 2.75) is 57.5 Å². The van der Waals surface area contributed by atoms with Crippen molar-refractivity contribution >= 4 is 0 Å². The van der Waals surface area contributed by atoms with Crippen LogP contribution in [0.5, 0.6) is 0 Å². The summed E-state index contributed by atoms with van der Waals surface area (Å²) in [7, 11) is 0. The van der Waals surface area contributed by atoms with E-state index in [-0.39, 0.29) is 0 Å². The Balaban J connectivity index is 1.71. The van der Waals surface area contributed by atoms with Gasteiger partial charge in [0.15, 0.2) is 0 Å². The minimum Gasteiger partial charge on any atom is -0.328 e. The zero-order chi connectivity index (χ0) is 15.5. The minimum absolute atomic E-state index is 0.427. The maximum atomic E-state index is 9.07. The summed E-state index contributed by atoms with van der Waals surface area (Å²) < 4.78 is 0. The molecule has 1 aromatic carbocycles. The van der Waals surface area contributed by atoms with Gasteiger partial charge in [-0.05, 0) is 80.2 Å². The molecular weight excluding hydrogens is 270 g/mol. The summed E-state index contributed by atoms with van der Waals surface area (Å²) >= 11 is 0. The van der Waals surface area contributed by atoms with Crippen molar-refractivity contribution in [2.75, 3.05) is 6.54 Å². The van der Waals surface area contributed by atoms with E-state index in [1.54, 1.807) is 0 Å². The third-order valence-electron chi connectivity index (χ3n) is 5.77. The lowest BCUT2D eigenvalue weighted by Gasteiger charge is -2.35. The predicted molar refractivity (Wildman–Crippen MR) is 89.5 cm³/mol. The smallest absolute Gasteiger partial charge is 0.0991 e. The third kappa shape index (κ3) is 3.34. The summed E-state index contributed by atoms with van der Waals surface area (Å²) in [6.45, 7) is 3.43. The quantitative estimate of drug-likeness (QED) is 0.882. The maximum Gasteiger partial charge on any atom is 0.0991 e. The molecular formula is C19H27N3. The van der Waals surface area contributed by atoms with Gasteiger partial charge in [0.1, 0.15) is 0 Å². The second-order valence-corrected chi connectivity index (χ2v) is 7.14. The van der Waals surface area contributed by atoms with E-state index in [0.29, 0.717) is 18.0 Å². The highest BCUT2D eigenvalue weighted by atomic mass is 14.9. The van der Waals surface area contributed by atoms with Gasteiger partial charge in [-0.2, -0.15) is 5.26 Å². The molecule has 3 N–H and O–H groups in total. The fourth-order valence-electron chi connectivity index (χ4n) is 4.20. The normalized spacial score (nSPS) is 30.0. The molecule has 118 valence electrons. The molecule has 0 radical (unpaired) electrons. The number of benzene rings is 1. The minimum atomic E-state index is 0.427. The van der Waals surface area contributed by atoms with Crippen molar-refractivity contribution in [3.05, 3.63) is 34.9 Å². The molecule has 1 aromatic rings. The Hall–Kier alpha value is -1.37. The molecule has 0 bridgehead atoms. The largest absolute Gasteiger partial charge is 0.328 e. The molecule has 3 rings (SSSR count). The lowest BCUT2D eigenvalue weighted by atomic mass is 9.75. The Morgan fingerprint density at radius 1 is 1.23 bits per heavy atom. The number of hydrogen-bond acceptors (Lipinski definition) is 3. The van der Waals surface area contributed by atoms with Crippen molar-refractivity contribution in [1.82, 2.24) is 5.32 Å². The van der Waals surface area contributed by atoms with Crippen LogP contribution in [0.25, 0.3) is 0 Å². The summed E-state index contributed by atoms with van der Waals surface area (Å²) in [5.74, 6) is 1.49. The van der Waals surface area contributed by atoms with Gasteiger partial charge in [-0.25, -0.2) is 0 Å². The van der Waals surface area contributed by atoms with Crippen LogP contribution in [-0.2, 0) is 12.8 Å². The van der Waals surface area contributed by atoms with Crippen LogP contribution in [-0.4, -0.2) is 18.6 Å². The number of nitrogens with zero attached hydrogens (tertiary/aromatic N) is 1. The van der Waals surface area contributed by atoms with Crippen LogP contribution in [0.3, 0.4) is 0 Å². The Morgan fingerprint density at radius 2 is 2.00 bits per heavy atom. The van der Waals surface area contributed by atoms with Gasteiger partial charge in [0.05, 0.1) is 11.6 Å². The molecule has 1 heterocycles. The van der Waals surface area contributed by atoms with Crippen molar-refractivity contribution in [3.63, 3.8) is 0 Å². The first-order valence-electron chi connectivity index (χ1n) is 8.68. The van der Waals surface area contributed by atoms with Gasteiger partial charge in [-0.3, -0.25) is 0 Å². The molecule has 2 unspecified atom stereocenters. The highest BCUT2D eigenvalue weighted by Gasteiger charge is 2.30. The molecule has 1 aliphatic heterocycles. The van der Waals surface area contributed by atoms with Gasteiger partial charge < -0.3 is 11.1 Å². The van der Waals surface area contributed by atoms with Crippen LogP contribution in [0.4, 0.5) is 0 Å². The Bertz CT molecular complexity index is 552. The average Bonchev–Trinajstić information content (AvgIpc) is 2.76. The molecule has 22 heavy (non-hydrogen) atoms.